The fourth-order valence-electron chi connectivity index (χ4n) is 3.70. The molecular formula is C23H23ClN2O4S. The Balaban J connectivity index is 2.07. The van der Waals surface area contributed by atoms with Gasteiger partial charge in [-0.1, -0.05) is 35.0 Å². The van der Waals surface area contributed by atoms with Crippen molar-refractivity contribution in [1.29, 1.82) is 0 Å². The fraction of sp³-hybridized carbons (Fsp3) is 0.261. The first-order valence-corrected chi connectivity index (χ1v) is 11.9. The molecule has 0 aliphatic carbocycles. The van der Waals surface area contributed by atoms with Gasteiger partial charge >= 0.3 is 0 Å². The van der Waals surface area contributed by atoms with Crippen molar-refractivity contribution in [2.24, 2.45) is 12.2 Å². The Morgan fingerprint density at radius 2 is 1.68 bits per heavy atom. The predicted molar refractivity (Wildman–Crippen MR) is 122 cm³/mol. The lowest BCUT2D eigenvalue weighted by atomic mass is 9.83. The summed E-state index contributed by atoms with van der Waals surface area (Å²) >= 11 is 6.13. The van der Waals surface area contributed by atoms with Gasteiger partial charge in [-0.15, -0.1) is 0 Å². The highest BCUT2D eigenvalue weighted by molar-refractivity contribution is 7.90. The molecule has 3 aromatic rings. The number of hydrogen-bond donors (Lipinski definition) is 0. The molecule has 162 valence electrons. The van der Waals surface area contributed by atoms with Crippen LogP contribution in [0.2, 0.25) is 5.02 Å². The molecule has 3 rings (SSSR count). The Morgan fingerprint density at radius 3 is 2.23 bits per heavy atom. The van der Waals surface area contributed by atoms with Crippen LogP contribution < -0.4 is 5.56 Å². The molecule has 0 N–H and O–H groups in total. The number of nitroso groups, excluding NO2 is 1. The van der Waals surface area contributed by atoms with Gasteiger partial charge in [0.05, 0.1) is 4.90 Å². The van der Waals surface area contributed by atoms with E-state index in [2.05, 4.69) is 5.18 Å². The van der Waals surface area contributed by atoms with Crippen molar-refractivity contribution in [3.05, 3.63) is 103 Å². The van der Waals surface area contributed by atoms with E-state index in [-0.39, 0.29) is 16.4 Å². The average molecular weight is 459 g/mol. The van der Waals surface area contributed by atoms with Crippen LogP contribution in [0.15, 0.2) is 75.7 Å². The van der Waals surface area contributed by atoms with E-state index in [4.69, 9.17) is 11.6 Å². The van der Waals surface area contributed by atoms with Crippen LogP contribution in [0.3, 0.4) is 0 Å². The fourth-order valence-corrected chi connectivity index (χ4v) is 4.55. The standard InChI is InChI=1S/C23H23ClN2O4S/c1-15-12-18(24)7-10-20(15)21(16-4-8-19(9-5-16)31(3,29)30)13-22(25-28)17-6-11-23(27)26(2)14-17/h4-12,14,21-22H,13H2,1-3H3/t21-,22?/m1/s1. The molecule has 1 heterocycles. The second-order valence-electron chi connectivity index (χ2n) is 7.66. The van der Waals surface area contributed by atoms with Gasteiger partial charge in [0.25, 0.3) is 0 Å². The van der Waals surface area contributed by atoms with E-state index in [1.165, 1.54) is 10.6 Å². The molecule has 0 spiro atoms. The molecule has 1 aromatic heterocycles. The molecule has 2 atom stereocenters. The van der Waals surface area contributed by atoms with Crippen molar-refractivity contribution >= 4 is 21.4 Å². The Hall–Kier alpha value is -2.77. The lowest BCUT2D eigenvalue weighted by Gasteiger charge is -2.23. The Bertz CT molecular complexity index is 1270. The Kier molecular flexibility index (Phi) is 6.77. The first kappa shape index (κ1) is 22.9. The number of nitrogens with zero attached hydrogens (tertiary/aromatic N) is 2. The minimum atomic E-state index is -3.32. The Morgan fingerprint density at radius 1 is 1.03 bits per heavy atom. The predicted octanol–water partition coefficient (Wildman–Crippen LogP) is 4.78. The van der Waals surface area contributed by atoms with Crippen LogP contribution in [0.25, 0.3) is 0 Å². The number of pyridine rings is 1. The average Bonchev–Trinajstić information content (AvgIpc) is 2.71. The first-order valence-electron chi connectivity index (χ1n) is 9.65. The van der Waals surface area contributed by atoms with E-state index in [1.54, 1.807) is 49.6 Å². The number of sulfone groups is 1. The van der Waals surface area contributed by atoms with E-state index in [0.717, 1.165) is 22.9 Å². The van der Waals surface area contributed by atoms with Gasteiger partial charge in [0.2, 0.25) is 5.56 Å². The number of hydrogen-bond acceptors (Lipinski definition) is 5. The zero-order chi connectivity index (χ0) is 22.8. The molecule has 0 saturated carbocycles. The van der Waals surface area contributed by atoms with Crippen molar-refractivity contribution < 1.29 is 8.42 Å². The maximum absolute atomic E-state index is 11.8. The summed E-state index contributed by atoms with van der Waals surface area (Å²) in [7, 11) is -1.70. The summed E-state index contributed by atoms with van der Waals surface area (Å²) in [6.07, 6.45) is 3.13. The number of aromatic nitrogens is 1. The summed E-state index contributed by atoms with van der Waals surface area (Å²) in [6.45, 7) is 1.94. The lowest BCUT2D eigenvalue weighted by Crippen LogP contribution is -2.16. The number of aryl methyl sites for hydroxylation is 2. The molecule has 8 heteroatoms. The van der Waals surface area contributed by atoms with Crippen LogP contribution in [0.1, 0.15) is 40.6 Å². The topological polar surface area (TPSA) is 85.6 Å². The second kappa shape index (κ2) is 9.16. The van der Waals surface area contributed by atoms with Crippen LogP contribution >= 0.6 is 11.6 Å². The van der Waals surface area contributed by atoms with Gasteiger partial charge in [-0.05, 0) is 65.9 Å². The van der Waals surface area contributed by atoms with Gasteiger partial charge in [0.15, 0.2) is 9.84 Å². The maximum atomic E-state index is 11.8. The van der Waals surface area contributed by atoms with E-state index < -0.39 is 15.9 Å². The van der Waals surface area contributed by atoms with E-state index in [1.807, 2.05) is 19.1 Å². The number of benzene rings is 2. The molecule has 31 heavy (non-hydrogen) atoms. The highest BCUT2D eigenvalue weighted by Gasteiger charge is 2.24. The van der Waals surface area contributed by atoms with Crippen molar-refractivity contribution in [2.75, 3.05) is 6.26 Å². The van der Waals surface area contributed by atoms with Gasteiger partial charge < -0.3 is 4.57 Å². The van der Waals surface area contributed by atoms with Crippen molar-refractivity contribution in [2.45, 2.75) is 30.2 Å². The zero-order valence-electron chi connectivity index (χ0n) is 17.4. The molecule has 0 amide bonds. The van der Waals surface area contributed by atoms with Gasteiger partial charge in [0.1, 0.15) is 6.04 Å². The highest BCUT2D eigenvalue weighted by Crippen LogP contribution is 2.37. The molecule has 6 nitrogen and oxygen atoms in total. The molecule has 0 radical (unpaired) electrons. The van der Waals surface area contributed by atoms with E-state index in [0.29, 0.717) is 17.0 Å². The second-order valence-corrected chi connectivity index (χ2v) is 10.1. The minimum absolute atomic E-state index is 0.171. The zero-order valence-corrected chi connectivity index (χ0v) is 19.0. The van der Waals surface area contributed by atoms with Crippen LogP contribution in [0.4, 0.5) is 0 Å². The molecule has 0 aliphatic rings. The van der Waals surface area contributed by atoms with Gasteiger partial charge in [-0.2, -0.15) is 4.91 Å². The van der Waals surface area contributed by atoms with Crippen molar-refractivity contribution in [3.8, 4) is 0 Å². The van der Waals surface area contributed by atoms with Gasteiger partial charge in [0, 0.05) is 36.5 Å². The quantitative estimate of drug-likeness (QED) is 0.477. The minimum Gasteiger partial charge on any atom is -0.318 e. The summed E-state index contributed by atoms with van der Waals surface area (Å²) in [4.78, 5) is 23.7. The first-order chi connectivity index (χ1) is 14.6. The van der Waals surface area contributed by atoms with Crippen LogP contribution in [-0.4, -0.2) is 19.2 Å². The van der Waals surface area contributed by atoms with Crippen molar-refractivity contribution in [1.82, 2.24) is 4.57 Å². The normalized spacial score (nSPS) is 13.5. The third-order valence-electron chi connectivity index (χ3n) is 5.40. The summed E-state index contributed by atoms with van der Waals surface area (Å²) in [5, 5.41) is 3.94. The van der Waals surface area contributed by atoms with Gasteiger partial charge in [-0.3, -0.25) is 4.79 Å². The molecule has 0 bridgehead atoms. The molecule has 0 aliphatic heterocycles. The number of halogens is 1. The maximum Gasteiger partial charge on any atom is 0.250 e. The third kappa shape index (κ3) is 5.29. The molecule has 1 unspecified atom stereocenters. The van der Waals surface area contributed by atoms with Crippen LogP contribution in [0, 0.1) is 11.8 Å². The number of rotatable bonds is 7. The summed E-state index contributed by atoms with van der Waals surface area (Å²) < 4.78 is 25.1. The molecule has 0 saturated heterocycles. The molecular weight excluding hydrogens is 436 g/mol. The Labute approximate surface area is 186 Å². The summed E-state index contributed by atoms with van der Waals surface area (Å²) in [5.74, 6) is -0.231. The molecule has 2 aromatic carbocycles. The highest BCUT2D eigenvalue weighted by atomic mass is 35.5. The smallest absolute Gasteiger partial charge is 0.250 e. The molecule has 0 fully saturated rings. The SMILES string of the molecule is Cc1cc(Cl)ccc1[C@H](CC(N=O)c1ccc(=O)n(C)c1)c1ccc(S(C)(=O)=O)cc1. The largest absolute Gasteiger partial charge is 0.318 e. The lowest BCUT2D eigenvalue weighted by molar-refractivity contribution is 0.586. The van der Waals surface area contributed by atoms with Crippen LogP contribution in [-0.2, 0) is 16.9 Å². The van der Waals surface area contributed by atoms with Crippen molar-refractivity contribution in [3.63, 3.8) is 0 Å². The van der Waals surface area contributed by atoms with E-state index in [9.17, 15) is 18.1 Å². The summed E-state index contributed by atoms with van der Waals surface area (Å²) in [5.41, 5.74) is 3.25. The van der Waals surface area contributed by atoms with Crippen LogP contribution in [0.5, 0.6) is 0 Å². The summed E-state index contributed by atoms with van der Waals surface area (Å²) in [6, 6.07) is 14.6. The monoisotopic (exact) mass is 458 g/mol. The third-order valence-corrected chi connectivity index (χ3v) is 6.76. The van der Waals surface area contributed by atoms with Gasteiger partial charge in [-0.25, -0.2) is 8.42 Å². The van der Waals surface area contributed by atoms with E-state index >= 15 is 0 Å².